The van der Waals surface area contributed by atoms with Gasteiger partial charge in [-0.05, 0) is 52.3 Å². The molecule has 0 radical (unpaired) electrons. The lowest BCUT2D eigenvalue weighted by molar-refractivity contribution is -0.153. The molecular weight excluding hydrogens is 384 g/mol. The number of aromatic nitrogens is 3. The summed E-state index contributed by atoms with van der Waals surface area (Å²) in [5.41, 5.74) is 1.02. The number of halogens is 1. The van der Waals surface area contributed by atoms with Crippen LogP contribution in [0.2, 0.25) is 5.28 Å². The molecule has 0 bridgehead atoms. The zero-order valence-corrected chi connectivity index (χ0v) is 17.9. The molecule has 0 amide bonds. The number of hydrogen-bond acceptors (Lipinski definition) is 7. The molecule has 0 aliphatic carbocycles. The first kappa shape index (κ1) is 22.5. The molecule has 2 aromatic rings. The van der Waals surface area contributed by atoms with Crippen molar-refractivity contribution in [3.63, 3.8) is 0 Å². The second kappa shape index (κ2) is 10.2. The van der Waals surface area contributed by atoms with Gasteiger partial charge in [-0.1, -0.05) is 0 Å². The van der Waals surface area contributed by atoms with Crippen LogP contribution in [0.25, 0.3) is 11.0 Å². The maximum atomic E-state index is 11.9. The van der Waals surface area contributed by atoms with Crippen LogP contribution < -0.4 is 5.32 Å². The highest BCUT2D eigenvalue weighted by Crippen LogP contribution is 2.26. The highest BCUT2D eigenvalue weighted by molar-refractivity contribution is 6.28. The van der Waals surface area contributed by atoms with Crippen LogP contribution in [0.5, 0.6) is 0 Å². The molecule has 0 aromatic carbocycles. The summed E-state index contributed by atoms with van der Waals surface area (Å²) < 4.78 is 18.8. The van der Waals surface area contributed by atoms with E-state index in [0.717, 1.165) is 11.1 Å². The number of carbonyl (C=O) groups is 1. The van der Waals surface area contributed by atoms with Gasteiger partial charge in [0.2, 0.25) is 5.28 Å². The van der Waals surface area contributed by atoms with Crippen molar-refractivity contribution in [2.75, 3.05) is 26.3 Å². The zero-order chi connectivity index (χ0) is 20.7. The number of hydrogen-bond donors (Lipinski definition) is 1. The van der Waals surface area contributed by atoms with Gasteiger partial charge in [0.25, 0.3) is 0 Å². The van der Waals surface area contributed by atoms with E-state index in [2.05, 4.69) is 15.3 Å². The Morgan fingerprint density at radius 1 is 1.29 bits per heavy atom. The smallest absolute Gasteiger partial charge is 0.320 e. The van der Waals surface area contributed by atoms with E-state index in [1.54, 1.807) is 6.20 Å². The minimum absolute atomic E-state index is 0.127. The number of fused-ring (bicyclic) bond motifs is 1. The van der Waals surface area contributed by atoms with Crippen molar-refractivity contribution in [1.29, 1.82) is 0 Å². The average molecular weight is 413 g/mol. The molecule has 0 saturated carbocycles. The first-order valence-corrected chi connectivity index (χ1v) is 9.80. The normalized spacial score (nSPS) is 12.1. The summed E-state index contributed by atoms with van der Waals surface area (Å²) in [7, 11) is 0. The van der Waals surface area contributed by atoms with Crippen molar-refractivity contribution < 1.29 is 19.0 Å². The van der Waals surface area contributed by atoms with E-state index < -0.39 is 11.9 Å². The fourth-order valence-electron chi connectivity index (χ4n) is 2.75. The van der Waals surface area contributed by atoms with E-state index in [0.29, 0.717) is 32.0 Å². The van der Waals surface area contributed by atoms with Crippen LogP contribution in [0.3, 0.4) is 0 Å². The number of carbonyl (C=O) groups excluding carboxylic acids is 1. The zero-order valence-electron chi connectivity index (χ0n) is 17.1. The molecule has 0 aliphatic rings. The summed E-state index contributed by atoms with van der Waals surface area (Å²) in [6.45, 7) is 11.6. The number of nitrogens with one attached hydrogen (secondary N) is 1. The molecule has 0 saturated heterocycles. The third kappa shape index (κ3) is 6.41. The number of esters is 1. The van der Waals surface area contributed by atoms with Crippen LogP contribution in [0.1, 0.15) is 46.6 Å². The molecule has 8 nitrogen and oxygen atoms in total. The molecule has 0 unspecified atom stereocenters. The molecule has 1 N–H and O–H groups in total. The van der Waals surface area contributed by atoms with Crippen LogP contribution in [-0.2, 0) is 25.5 Å². The van der Waals surface area contributed by atoms with E-state index >= 15 is 0 Å². The molecule has 0 spiro atoms. The summed E-state index contributed by atoms with van der Waals surface area (Å²) in [5, 5.41) is 4.12. The SMILES string of the molecule is CCOC(OCC)c1cc2cnc(Cl)nc2n1CCNCC(=O)OC(C)(C)C. The van der Waals surface area contributed by atoms with Crippen molar-refractivity contribution >= 4 is 28.6 Å². The van der Waals surface area contributed by atoms with Gasteiger partial charge in [-0.25, -0.2) is 4.98 Å². The van der Waals surface area contributed by atoms with E-state index in [-0.39, 0.29) is 17.8 Å². The van der Waals surface area contributed by atoms with E-state index in [1.165, 1.54) is 0 Å². The minimum atomic E-state index is -0.520. The minimum Gasteiger partial charge on any atom is -0.459 e. The largest absolute Gasteiger partial charge is 0.459 e. The molecular formula is C19H29ClN4O4. The monoisotopic (exact) mass is 412 g/mol. The molecule has 0 atom stereocenters. The lowest BCUT2D eigenvalue weighted by atomic mass is 10.2. The van der Waals surface area contributed by atoms with Crippen LogP contribution in [0.4, 0.5) is 0 Å². The summed E-state index contributed by atoms with van der Waals surface area (Å²) in [4.78, 5) is 20.3. The van der Waals surface area contributed by atoms with Crippen LogP contribution in [-0.4, -0.2) is 52.4 Å². The molecule has 2 heterocycles. The third-order valence-electron chi connectivity index (χ3n) is 3.72. The highest BCUT2D eigenvalue weighted by atomic mass is 35.5. The van der Waals surface area contributed by atoms with Crippen molar-refractivity contribution in [3.05, 3.63) is 23.2 Å². The Hall–Kier alpha value is -1.74. The number of ether oxygens (including phenoxy) is 3. The molecule has 0 aliphatic heterocycles. The first-order chi connectivity index (χ1) is 13.2. The van der Waals surface area contributed by atoms with Gasteiger partial charge in [0.05, 0.1) is 12.2 Å². The number of nitrogens with zero attached hydrogens (tertiary/aromatic N) is 3. The van der Waals surface area contributed by atoms with Crippen molar-refractivity contribution in [3.8, 4) is 0 Å². The topological polar surface area (TPSA) is 87.5 Å². The maximum Gasteiger partial charge on any atom is 0.320 e. The predicted octanol–water partition coefficient (Wildman–Crippen LogP) is 3.09. The number of rotatable bonds is 10. The highest BCUT2D eigenvalue weighted by Gasteiger charge is 2.21. The Labute approximate surface area is 170 Å². The van der Waals surface area contributed by atoms with Gasteiger partial charge in [0, 0.05) is 37.9 Å². The second-order valence-electron chi connectivity index (χ2n) is 7.14. The third-order valence-corrected chi connectivity index (χ3v) is 3.90. The lowest BCUT2D eigenvalue weighted by Gasteiger charge is -2.20. The molecule has 0 fully saturated rings. The van der Waals surface area contributed by atoms with Gasteiger partial charge in [0.1, 0.15) is 11.2 Å². The molecule has 156 valence electrons. The van der Waals surface area contributed by atoms with Gasteiger partial charge in [-0.2, -0.15) is 4.98 Å². The van der Waals surface area contributed by atoms with Crippen LogP contribution >= 0.6 is 11.6 Å². The van der Waals surface area contributed by atoms with Gasteiger partial charge >= 0.3 is 5.97 Å². The molecule has 2 aromatic heterocycles. The predicted molar refractivity (Wildman–Crippen MR) is 107 cm³/mol. The summed E-state index contributed by atoms with van der Waals surface area (Å²) in [6, 6.07) is 1.94. The Morgan fingerprint density at radius 2 is 1.96 bits per heavy atom. The Bertz CT molecular complexity index is 782. The van der Waals surface area contributed by atoms with Crippen LogP contribution in [0, 0.1) is 0 Å². The van der Waals surface area contributed by atoms with Crippen molar-refractivity contribution in [2.45, 2.75) is 53.1 Å². The first-order valence-electron chi connectivity index (χ1n) is 9.42. The van der Waals surface area contributed by atoms with Gasteiger partial charge in [-0.3, -0.25) is 4.79 Å². The Balaban J connectivity index is 2.15. The van der Waals surface area contributed by atoms with E-state index in [4.69, 9.17) is 25.8 Å². The molecule has 28 heavy (non-hydrogen) atoms. The van der Waals surface area contributed by atoms with Crippen LogP contribution in [0.15, 0.2) is 12.3 Å². The quantitative estimate of drug-likeness (QED) is 0.277. The summed E-state index contributed by atoms with van der Waals surface area (Å²) >= 11 is 5.99. The maximum absolute atomic E-state index is 11.9. The van der Waals surface area contributed by atoms with E-state index in [9.17, 15) is 4.79 Å². The lowest BCUT2D eigenvalue weighted by Crippen LogP contribution is -2.33. The second-order valence-corrected chi connectivity index (χ2v) is 7.48. The molecule has 2 rings (SSSR count). The van der Waals surface area contributed by atoms with E-state index in [1.807, 2.05) is 45.3 Å². The molecule has 9 heteroatoms. The fraction of sp³-hybridized carbons (Fsp3) is 0.632. The summed E-state index contributed by atoms with van der Waals surface area (Å²) in [6.07, 6.45) is 1.15. The average Bonchev–Trinajstić information content (AvgIpc) is 2.94. The van der Waals surface area contributed by atoms with Gasteiger partial charge in [0.15, 0.2) is 6.29 Å². The van der Waals surface area contributed by atoms with Gasteiger partial charge in [-0.15, -0.1) is 0 Å². The standard InChI is InChI=1S/C19H29ClN4O4/c1-6-26-17(27-7-2)14-10-13-11-22-18(20)23-16(13)24(14)9-8-21-12-15(25)28-19(3,4)5/h10-11,17,21H,6-9,12H2,1-5H3. The Kier molecular flexibility index (Phi) is 8.18. The van der Waals surface area contributed by atoms with Gasteiger partial charge < -0.3 is 24.1 Å². The summed E-state index contributed by atoms with van der Waals surface area (Å²) in [5.74, 6) is -0.294. The Morgan fingerprint density at radius 3 is 2.57 bits per heavy atom. The fourth-order valence-corrected chi connectivity index (χ4v) is 2.88. The van der Waals surface area contributed by atoms with Crippen molar-refractivity contribution in [2.24, 2.45) is 0 Å². The van der Waals surface area contributed by atoms with Crippen molar-refractivity contribution in [1.82, 2.24) is 19.9 Å².